The van der Waals surface area contributed by atoms with Gasteiger partial charge in [-0.25, -0.2) is 0 Å². The lowest BCUT2D eigenvalue weighted by Gasteiger charge is -2.22. The van der Waals surface area contributed by atoms with E-state index in [0.717, 1.165) is 24.9 Å². The van der Waals surface area contributed by atoms with E-state index in [1.165, 1.54) is 6.42 Å². The molecule has 0 aromatic carbocycles. The zero-order valence-electron chi connectivity index (χ0n) is 9.99. The molecule has 0 spiro atoms. The lowest BCUT2D eigenvalue weighted by molar-refractivity contribution is -0.120. The number of nitrogens with zero attached hydrogens (tertiary/aromatic N) is 1. The highest BCUT2D eigenvalue weighted by Gasteiger charge is 2.33. The summed E-state index contributed by atoms with van der Waals surface area (Å²) in [6.07, 6.45) is 1.33. The molecule has 1 rings (SSSR count). The second kappa shape index (κ2) is 5.47. The Labute approximate surface area is 92.2 Å². The van der Waals surface area contributed by atoms with Crippen LogP contribution in [0.5, 0.6) is 0 Å². The number of rotatable bonds is 7. The molecule has 0 saturated heterocycles. The van der Waals surface area contributed by atoms with Crippen molar-refractivity contribution in [3.63, 3.8) is 0 Å². The second-order valence-electron chi connectivity index (χ2n) is 4.71. The Morgan fingerprint density at radius 1 is 1.67 bits per heavy atom. The van der Waals surface area contributed by atoms with E-state index in [2.05, 4.69) is 24.2 Å². The van der Waals surface area contributed by atoms with Crippen molar-refractivity contribution in [2.75, 3.05) is 26.7 Å². The van der Waals surface area contributed by atoms with Crippen LogP contribution in [0, 0.1) is 11.8 Å². The van der Waals surface area contributed by atoms with Crippen LogP contribution < -0.4 is 11.1 Å². The highest BCUT2D eigenvalue weighted by Crippen LogP contribution is 2.37. The number of nitrogens with one attached hydrogen (secondary N) is 1. The average molecular weight is 213 g/mol. The summed E-state index contributed by atoms with van der Waals surface area (Å²) in [4.78, 5) is 13.3. The van der Waals surface area contributed by atoms with Crippen molar-refractivity contribution in [1.82, 2.24) is 10.2 Å². The molecule has 3 unspecified atom stereocenters. The third-order valence-corrected chi connectivity index (χ3v) is 3.11. The van der Waals surface area contributed by atoms with Crippen molar-refractivity contribution >= 4 is 5.91 Å². The Balaban J connectivity index is 2.26. The Morgan fingerprint density at radius 3 is 2.67 bits per heavy atom. The van der Waals surface area contributed by atoms with Crippen molar-refractivity contribution in [2.45, 2.75) is 26.3 Å². The van der Waals surface area contributed by atoms with Gasteiger partial charge < -0.3 is 16.0 Å². The average Bonchev–Trinajstić information content (AvgIpc) is 2.80. The van der Waals surface area contributed by atoms with Crippen LogP contribution in [0.1, 0.15) is 20.3 Å². The van der Waals surface area contributed by atoms with Gasteiger partial charge in [0.15, 0.2) is 0 Å². The SMILES string of the molecule is CCNC(CN(C)CC1CC1C)C(N)=O. The Bertz CT molecular complexity index is 220. The molecule has 0 aromatic heterocycles. The Morgan fingerprint density at radius 2 is 2.27 bits per heavy atom. The summed E-state index contributed by atoms with van der Waals surface area (Å²) < 4.78 is 0. The monoisotopic (exact) mass is 213 g/mol. The van der Waals surface area contributed by atoms with Gasteiger partial charge in [0, 0.05) is 13.1 Å². The van der Waals surface area contributed by atoms with Crippen LogP contribution in [0.4, 0.5) is 0 Å². The fraction of sp³-hybridized carbons (Fsp3) is 0.909. The molecule has 1 amide bonds. The molecular formula is C11H23N3O. The molecule has 3 N–H and O–H groups in total. The molecule has 0 heterocycles. The summed E-state index contributed by atoms with van der Waals surface area (Å²) in [5.41, 5.74) is 5.32. The van der Waals surface area contributed by atoms with Gasteiger partial charge >= 0.3 is 0 Å². The van der Waals surface area contributed by atoms with Crippen LogP contribution in [-0.2, 0) is 4.79 Å². The largest absolute Gasteiger partial charge is 0.368 e. The first-order valence-corrected chi connectivity index (χ1v) is 5.75. The predicted molar refractivity (Wildman–Crippen MR) is 61.4 cm³/mol. The van der Waals surface area contributed by atoms with Crippen molar-refractivity contribution < 1.29 is 4.79 Å². The highest BCUT2D eigenvalue weighted by atomic mass is 16.1. The van der Waals surface area contributed by atoms with Gasteiger partial charge in [-0.05, 0) is 31.8 Å². The molecule has 1 aliphatic carbocycles. The minimum Gasteiger partial charge on any atom is -0.368 e. The van der Waals surface area contributed by atoms with E-state index in [0.29, 0.717) is 6.54 Å². The molecule has 0 aliphatic heterocycles. The van der Waals surface area contributed by atoms with E-state index in [4.69, 9.17) is 5.73 Å². The molecule has 1 aliphatic rings. The standard InChI is InChI=1S/C11H23N3O/c1-4-13-10(11(12)15)7-14(3)6-9-5-8(9)2/h8-10,13H,4-7H2,1-3H3,(H2,12,15). The zero-order chi connectivity index (χ0) is 11.4. The van der Waals surface area contributed by atoms with Gasteiger partial charge in [-0.1, -0.05) is 13.8 Å². The lowest BCUT2D eigenvalue weighted by atomic mass is 10.2. The number of carbonyl (C=O) groups excluding carboxylic acids is 1. The molecule has 1 saturated carbocycles. The van der Waals surface area contributed by atoms with E-state index in [1.807, 2.05) is 6.92 Å². The quantitative estimate of drug-likeness (QED) is 0.627. The number of amides is 1. The van der Waals surface area contributed by atoms with Crippen molar-refractivity contribution in [1.29, 1.82) is 0 Å². The maximum absolute atomic E-state index is 11.1. The van der Waals surface area contributed by atoms with Crippen molar-refractivity contribution in [2.24, 2.45) is 17.6 Å². The number of primary amides is 1. The lowest BCUT2D eigenvalue weighted by Crippen LogP contribution is -2.48. The molecular weight excluding hydrogens is 190 g/mol. The Kier molecular flexibility index (Phi) is 4.54. The molecule has 88 valence electrons. The summed E-state index contributed by atoms with van der Waals surface area (Å²) in [5.74, 6) is 1.43. The number of likely N-dealkylation sites (N-methyl/N-ethyl adjacent to an activating group) is 2. The number of hydrogen-bond donors (Lipinski definition) is 2. The van der Waals surface area contributed by atoms with E-state index >= 15 is 0 Å². The minimum absolute atomic E-state index is 0.214. The van der Waals surface area contributed by atoms with Gasteiger partial charge in [0.1, 0.15) is 0 Å². The summed E-state index contributed by atoms with van der Waals surface area (Å²) >= 11 is 0. The van der Waals surface area contributed by atoms with Crippen LogP contribution in [-0.4, -0.2) is 43.5 Å². The van der Waals surface area contributed by atoms with Gasteiger partial charge in [0.2, 0.25) is 5.91 Å². The van der Waals surface area contributed by atoms with Gasteiger partial charge in [-0.15, -0.1) is 0 Å². The first-order chi connectivity index (χ1) is 7.04. The third kappa shape index (κ3) is 4.18. The number of carbonyl (C=O) groups is 1. The minimum atomic E-state index is -0.257. The smallest absolute Gasteiger partial charge is 0.235 e. The van der Waals surface area contributed by atoms with Crippen LogP contribution in [0.25, 0.3) is 0 Å². The van der Waals surface area contributed by atoms with Gasteiger partial charge in [0.05, 0.1) is 6.04 Å². The summed E-state index contributed by atoms with van der Waals surface area (Å²) in [5, 5.41) is 3.10. The molecule has 3 atom stereocenters. The molecule has 15 heavy (non-hydrogen) atoms. The van der Waals surface area contributed by atoms with Gasteiger partial charge in [0.25, 0.3) is 0 Å². The zero-order valence-corrected chi connectivity index (χ0v) is 9.99. The number of nitrogens with two attached hydrogens (primary N) is 1. The molecule has 0 radical (unpaired) electrons. The Hall–Kier alpha value is -0.610. The van der Waals surface area contributed by atoms with Crippen LogP contribution >= 0.6 is 0 Å². The van der Waals surface area contributed by atoms with Crippen LogP contribution in [0.3, 0.4) is 0 Å². The van der Waals surface area contributed by atoms with Crippen molar-refractivity contribution in [3.05, 3.63) is 0 Å². The van der Waals surface area contributed by atoms with Crippen molar-refractivity contribution in [3.8, 4) is 0 Å². The summed E-state index contributed by atoms with van der Waals surface area (Å²) in [7, 11) is 2.05. The molecule has 4 nitrogen and oxygen atoms in total. The van der Waals surface area contributed by atoms with E-state index in [1.54, 1.807) is 0 Å². The molecule has 0 bridgehead atoms. The van der Waals surface area contributed by atoms with Gasteiger partial charge in [-0.3, -0.25) is 4.79 Å². The fourth-order valence-electron chi connectivity index (χ4n) is 1.94. The van der Waals surface area contributed by atoms with E-state index < -0.39 is 0 Å². The maximum atomic E-state index is 11.1. The van der Waals surface area contributed by atoms with E-state index in [9.17, 15) is 4.79 Å². The topological polar surface area (TPSA) is 58.4 Å². The van der Waals surface area contributed by atoms with Crippen LogP contribution in [0.15, 0.2) is 0 Å². The highest BCUT2D eigenvalue weighted by molar-refractivity contribution is 5.80. The molecule has 4 heteroatoms. The van der Waals surface area contributed by atoms with Gasteiger partial charge in [-0.2, -0.15) is 0 Å². The number of hydrogen-bond acceptors (Lipinski definition) is 3. The molecule has 0 aromatic rings. The van der Waals surface area contributed by atoms with E-state index in [-0.39, 0.29) is 11.9 Å². The normalized spacial score (nSPS) is 26.7. The maximum Gasteiger partial charge on any atom is 0.235 e. The summed E-state index contributed by atoms with van der Waals surface area (Å²) in [6.45, 7) is 6.83. The van der Waals surface area contributed by atoms with Crippen LogP contribution in [0.2, 0.25) is 0 Å². The second-order valence-corrected chi connectivity index (χ2v) is 4.71. The first-order valence-electron chi connectivity index (χ1n) is 5.75. The fourth-order valence-corrected chi connectivity index (χ4v) is 1.94. The third-order valence-electron chi connectivity index (χ3n) is 3.11. The first kappa shape index (κ1) is 12.5. The summed E-state index contributed by atoms with van der Waals surface area (Å²) in [6, 6.07) is -0.214. The molecule has 1 fully saturated rings. The predicted octanol–water partition coefficient (Wildman–Crippen LogP) is 0.0376.